The van der Waals surface area contributed by atoms with Crippen LogP contribution in [-0.4, -0.2) is 61.5 Å². The highest BCUT2D eigenvalue weighted by molar-refractivity contribution is 14.0. The van der Waals surface area contributed by atoms with Crippen LogP contribution in [0, 0.1) is 0 Å². The number of rotatable bonds is 8. The predicted octanol–water partition coefficient (Wildman–Crippen LogP) is 3.35. The van der Waals surface area contributed by atoms with Crippen LogP contribution in [0.4, 0.5) is 0 Å². The van der Waals surface area contributed by atoms with Crippen molar-refractivity contribution in [2.24, 2.45) is 4.99 Å². The van der Waals surface area contributed by atoms with E-state index in [1.54, 1.807) is 7.05 Å². The van der Waals surface area contributed by atoms with E-state index in [9.17, 15) is 5.11 Å². The van der Waals surface area contributed by atoms with E-state index in [0.29, 0.717) is 25.3 Å². The highest BCUT2D eigenvalue weighted by atomic mass is 127. The van der Waals surface area contributed by atoms with Crippen molar-refractivity contribution in [3.8, 4) is 0 Å². The molecule has 2 aromatic rings. The number of aliphatic hydroxyl groups is 1. The van der Waals surface area contributed by atoms with Crippen LogP contribution in [-0.2, 0) is 17.8 Å². The minimum absolute atomic E-state index is 0. The standard InChI is InChI=1S/C25H36N4O2.HI/c1-19-15-29(16-20(2)31-19)17-22-11-9-21(10-12-22)13-27-25(26-3)28-14-24(18-30)23-7-5-4-6-8-23;/h4-12,19-20,24,30H,13-18H2,1-3H3,(H2,26,27,28);1H. The predicted molar refractivity (Wildman–Crippen MR) is 142 cm³/mol. The molecule has 0 spiro atoms. The summed E-state index contributed by atoms with van der Waals surface area (Å²) in [6.07, 6.45) is 0.581. The third-order valence-corrected chi connectivity index (χ3v) is 5.62. The second kappa shape index (κ2) is 13.8. The third kappa shape index (κ3) is 8.35. The summed E-state index contributed by atoms with van der Waals surface area (Å²) in [5, 5.41) is 16.4. The molecule has 1 heterocycles. The van der Waals surface area contributed by atoms with E-state index >= 15 is 0 Å². The van der Waals surface area contributed by atoms with E-state index in [1.807, 2.05) is 30.3 Å². The summed E-state index contributed by atoms with van der Waals surface area (Å²) in [6.45, 7) is 8.60. The van der Waals surface area contributed by atoms with Gasteiger partial charge in [-0.15, -0.1) is 24.0 Å². The van der Waals surface area contributed by atoms with E-state index in [0.717, 1.165) is 31.2 Å². The number of benzene rings is 2. The molecular weight excluding hydrogens is 515 g/mol. The minimum Gasteiger partial charge on any atom is -0.396 e. The molecule has 2 aromatic carbocycles. The summed E-state index contributed by atoms with van der Waals surface area (Å²) in [5.74, 6) is 0.763. The summed E-state index contributed by atoms with van der Waals surface area (Å²) in [4.78, 5) is 6.77. The number of nitrogens with one attached hydrogen (secondary N) is 2. The van der Waals surface area contributed by atoms with Gasteiger partial charge in [-0.05, 0) is 30.5 Å². The monoisotopic (exact) mass is 552 g/mol. The summed E-state index contributed by atoms with van der Waals surface area (Å²) in [5.41, 5.74) is 3.64. The smallest absolute Gasteiger partial charge is 0.191 e. The topological polar surface area (TPSA) is 69.1 Å². The highest BCUT2D eigenvalue weighted by Crippen LogP contribution is 2.15. The maximum Gasteiger partial charge on any atom is 0.191 e. The Morgan fingerprint density at radius 1 is 1.03 bits per heavy atom. The Bertz CT molecular complexity index is 806. The number of morpholine rings is 1. The summed E-state index contributed by atoms with van der Waals surface area (Å²) in [7, 11) is 1.76. The van der Waals surface area contributed by atoms with Gasteiger partial charge in [-0.3, -0.25) is 9.89 Å². The molecule has 1 aliphatic heterocycles. The van der Waals surface area contributed by atoms with E-state index in [4.69, 9.17) is 4.74 Å². The second-order valence-electron chi connectivity index (χ2n) is 8.36. The van der Waals surface area contributed by atoms with Crippen molar-refractivity contribution >= 4 is 29.9 Å². The van der Waals surface area contributed by atoms with Gasteiger partial charge in [-0.1, -0.05) is 54.6 Å². The first-order chi connectivity index (χ1) is 15.1. The molecule has 6 nitrogen and oxygen atoms in total. The Hall–Kier alpha value is -1.68. The minimum atomic E-state index is 0. The summed E-state index contributed by atoms with van der Waals surface area (Å²) in [6, 6.07) is 18.8. The number of guanidine groups is 1. The second-order valence-corrected chi connectivity index (χ2v) is 8.36. The number of hydrogen-bond acceptors (Lipinski definition) is 4. The molecule has 0 amide bonds. The van der Waals surface area contributed by atoms with Gasteiger partial charge in [0.05, 0.1) is 18.8 Å². The van der Waals surface area contributed by atoms with Crippen molar-refractivity contribution in [3.05, 3.63) is 71.3 Å². The molecule has 32 heavy (non-hydrogen) atoms. The van der Waals surface area contributed by atoms with Gasteiger partial charge in [0, 0.05) is 45.7 Å². The fourth-order valence-electron chi connectivity index (χ4n) is 4.07. The first-order valence-corrected chi connectivity index (χ1v) is 11.1. The fraction of sp³-hybridized carbons (Fsp3) is 0.480. The molecule has 0 aliphatic carbocycles. The molecule has 0 aromatic heterocycles. The van der Waals surface area contributed by atoms with E-state index in [1.165, 1.54) is 11.1 Å². The molecular formula is C25H37IN4O2. The van der Waals surface area contributed by atoms with Crippen LogP contribution >= 0.6 is 24.0 Å². The molecule has 0 bridgehead atoms. The molecule has 3 rings (SSSR count). The largest absolute Gasteiger partial charge is 0.396 e. The molecule has 3 unspecified atom stereocenters. The number of ether oxygens (including phenoxy) is 1. The number of halogens is 1. The van der Waals surface area contributed by atoms with Crippen LogP contribution in [0.5, 0.6) is 0 Å². The average molecular weight is 553 g/mol. The zero-order chi connectivity index (χ0) is 22.1. The molecule has 1 fully saturated rings. The van der Waals surface area contributed by atoms with Crippen molar-refractivity contribution in [2.45, 2.75) is 45.1 Å². The number of aliphatic hydroxyl groups excluding tert-OH is 1. The number of hydrogen-bond donors (Lipinski definition) is 3. The Balaban J connectivity index is 0.00000363. The lowest BCUT2D eigenvalue weighted by atomic mass is 10.0. The summed E-state index contributed by atoms with van der Waals surface area (Å²) < 4.78 is 5.82. The third-order valence-electron chi connectivity index (χ3n) is 5.62. The molecule has 3 N–H and O–H groups in total. The lowest BCUT2D eigenvalue weighted by Crippen LogP contribution is -2.44. The number of aliphatic imine (C=N–C) groups is 1. The average Bonchev–Trinajstić information content (AvgIpc) is 2.77. The molecule has 1 aliphatic rings. The molecule has 0 radical (unpaired) electrons. The Morgan fingerprint density at radius 3 is 2.25 bits per heavy atom. The van der Waals surface area contributed by atoms with E-state index in [-0.39, 0.29) is 36.5 Å². The first-order valence-electron chi connectivity index (χ1n) is 11.1. The highest BCUT2D eigenvalue weighted by Gasteiger charge is 2.21. The van der Waals surface area contributed by atoms with Gasteiger partial charge < -0.3 is 20.5 Å². The number of nitrogens with zero attached hydrogens (tertiary/aromatic N) is 2. The lowest BCUT2D eigenvalue weighted by molar-refractivity contribution is -0.0704. The van der Waals surface area contributed by atoms with Crippen LogP contribution in [0.25, 0.3) is 0 Å². The SMILES string of the molecule is CN=C(NCc1ccc(CN2CC(C)OC(C)C2)cc1)NCC(CO)c1ccccc1.I. The first kappa shape index (κ1) is 26.6. The molecule has 7 heteroatoms. The summed E-state index contributed by atoms with van der Waals surface area (Å²) >= 11 is 0. The Morgan fingerprint density at radius 2 is 1.66 bits per heavy atom. The maximum atomic E-state index is 9.73. The lowest BCUT2D eigenvalue weighted by Gasteiger charge is -2.35. The van der Waals surface area contributed by atoms with Gasteiger partial charge in [-0.2, -0.15) is 0 Å². The van der Waals surface area contributed by atoms with Crippen molar-refractivity contribution in [1.82, 2.24) is 15.5 Å². The van der Waals surface area contributed by atoms with Crippen LogP contribution in [0.2, 0.25) is 0 Å². The molecule has 0 saturated carbocycles. The Kier molecular flexibility index (Phi) is 11.4. The van der Waals surface area contributed by atoms with Crippen molar-refractivity contribution in [1.29, 1.82) is 0 Å². The zero-order valence-corrected chi connectivity index (χ0v) is 21.7. The maximum absolute atomic E-state index is 9.73. The van der Waals surface area contributed by atoms with Crippen molar-refractivity contribution in [2.75, 3.05) is 33.3 Å². The fourth-order valence-corrected chi connectivity index (χ4v) is 4.07. The van der Waals surface area contributed by atoms with Gasteiger partial charge >= 0.3 is 0 Å². The quantitative estimate of drug-likeness (QED) is 0.266. The van der Waals surface area contributed by atoms with Crippen molar-refractivity contribution < 1.29 is 9.84 Å². The normalized spacial score (nSPS) is 20.3. The van der Waals surface area contributed by atoms with Gasteiger partial charge in [0.25, 0.3) is 0 Å². The van der Waals surface area contributed by atoms with Crippen LogP contribution < -0.4 is 10.6 Å². The van der Waals surface area contributed by atoms with Gasteiger partial charge in [0.15, 0.2) is 5.96 Å². The van der Waals surface area contributed by atoms with Crippen LogP contribution in [0.15, 0.2) is 59.6 Å². The zero-order valence-electron chi connectivity index (χ0n) is 19.3. The van der Waals surface area contributed by atoms with Crippen LogP contribution in [0.3, 0.4) is 0 Å². The molecule has 1 saturated heterocycles. The van der Waals surface area contributed by atoms with E-state index < -0.39 is 0 Å². The molecule has 3 atom stereocenters. The van der Waals surface area contributed by atoms with Gasteiger partial charge in [0.2, 0.25) is 0 Å². The Labute approximate surface area is 209 Å². The molecule has 176 valence electrons. The van der Waals surface area contributed by atoms with Gasteiger partial charge in [-0.25, -0.2) is 0 Å². The van der Waals surface area contributed by atoms with Crippen molar-refractivity contribution in [3.63, 3.8) is 0 Å². The van der Waals surface area contributed by atoms with Gasteiger partial charge in [0.1, 0.15) is 0 Å². The van der Waals surface area contributed by atoms with Crippen LogP contribution in [0.1, 0.15) is 36.5 Å². The van der Waals surface area contributed by atoms with E-state index in [2.05, 4.69) is 58.6 Å².